The zero-order valence-corrected chi connectivity index (χ0v) is 20.6. The highest BCUT2D eigenvalue weighted by Crippen LogP contribution is 2.59. The number of imide groups is 2. The largest absolute Gasteiger partial charge is 0.497 e. The second-order valence-electron chi connectivity index (χ2n) is 8.95. The van der Waals surface area contributed by atoms with E-state index in [0.29, 0.717) is 39.8 Å². The number of hydrogen-bond donors (Lipinski definition) is 1. The van der Waals surface area contributed by atoms with E-state index >= 15 is 0 Å². The molecule has 5 rings (SSSR count). The van der Waals surface area contributed by atoms with Crippen molar-refractivity contribution in [1.29, 1.82) is 0 Å². The van der Waals surface area contributed by atoms with Gasteiger partial charge in [0.15, 0.2) is 5.41 Å². The van der Waals surface area contributed by atoms with Gasteiger partial charge in [-0.1, -0.05) is 29.4 Å². The molecule has 1 spiro atoms. The van der Waals surface area contributed by atoms with Crippen molar-refractivity contribution in [2.24, 2.45) is 5.41 Å². The molecule has 1 aromatic heterocycles. The summed E-state index contributed by atoms with van der Waals surface area (Å²) in [5.41, 5.74) is 0.689. The molecule has 0 radical (unpaired) electrons. The van der Waals surface area contributed by atoms with Gasteiger partial charge >= 0.3 is 6.03 Å². The number of rotatable bonds is 4. The number of barbiturate groups is 1. The third kappa shape index (κ3) is 3.10. The fourth-order valence-corrected chi connectivity index (χ4v) is 5.37. The molecule has 3 heterocycles. The monoisotopic (exact) mass is 490 g/mol. The molecular weight excluding hydrogens is 464 g/mol. The topological polar surface area (TPSA) is 114 Å². The zero-order chi connectivity index (χ0) is 25.8. The van der Waals surface area contributed by atoms with Crippen LogP contribution in [-0.4, -0.2) is 61.1 Å². The lowest BCUT2D eigenvalue weighted by molar-refractivity contribution is -0.160. The summed E-state index contributed by atoms with van der Waals surface area (Å²) < 4.78 is 16.3. The van der Waals surface area contributed by atoms with Gasteiger partial charge in [0.1, 0.15) is 11.5 Å². The Morgan fingerprint density at radius 2 is 1.36 bits per heavy atom. The highest BCUT2D eigenvalue weighted by atomic mass is 16.5. The number of methoxy groups -OCH3 is 2. The van der Waals surface area contributed by atoms with Crippen molar-refractivity contribution < 1.29 is 28.4 Å². The molecule has 4 amide bonds. The Bertz CT molecular complexity index is 1320. The minimum atomic E-state index is -1.76. The van der Waals surface area contributed by atoms with E-state index in [1.165, 1.54) is 14.1 Å². The fourth-order valence-electron chi connectivity index (χ4n) is 5.37. The van der Waals surface area contributed by atoms with E-state index in [0.717, 1.165) is 9.80 Å². The average molecular weight is 491 g/mol. The molecular formula is C26H26N4O6. The molecule has 2 aliphatic rings. The third-order valence-electron chi connectivity index (χ3n) is 7.17. The minimum absolute atomic E-state index is 0.363. The quantitative estimate of drug-likeness (QED) is 0.554. The zero-order valence-electron chi connectivity index (χ0n) is 20.6. The summed E-state index contributed by atoms with van der Waals surface area (Å²) in [6, 6.07) is 12.7. The first kappa shape index (κ1) is 23.4. The molecule has 36 heavy (non-hydrogen) atoms. The van der Waals surface area contributed by atoms with E-state index in [-0.39, 0.29) is 0 Å². The Hall–Kier alpha value is -4.34. The number of urea groups is 1. The lowest BCUT2D eigenvalue weighted by Gasteiger charge is -2.51. The summed E-state index contributed by atoms with van der Waals surface area (Å²) in [7, 11) is 5.90. The lowest BCUT2D eigenvalue weighted by Crippen LogP contribution is -2.68. The smallest absolute Gasteiger partial charge is 0.332 e. The maximum atomic E-state index is 14.2. The van der Waals surface area contributed by atoms with Crippen LogP contribution in [0.1, 0.15) is 34.3 Å². The van der Waals surface area contributed by atoms with Crippen molar-refractivity contribution >= 4 is 23.7 Å². The normalized spacial score (nSPS) is 20.9. The van der Waals surface area contributed by atoms with Gasteiger partial charge in [-0.3, -0.25) is 19.4 Å². The molecule has 0 aliphatic carbocycles. The van der Waals surface area contributed by atoms with Crippen LogP contribution >= 0.6 is 0 Å². The summed E-state index contributed by atoms with van der Waals surface area (Å²) in [5.74, 6) is -0.427. The number of fused-ring (bicyclic) bond motifs is 1. The van der Waals surface area contributed by atoms with Crippen LogP contribution < -0.4 is 14.8 Å². The maximum absolute atomic E-state index is 14.2. The van der Waals surface area contributed by atoms with Gasteiger partial charge in [-0.2, -0.15) is 0 Å². The first-order valence-electron chi connectivity index (χ1n) is 11.4. The summed E-state index contributed by atoms with van der Waals surface area (Å²) in [5, 5.41) is 7.42. The summed E-state index contributed by atoms with van der Waals surface area (Å²) in [6.07, 6.45) is 0. The van der Waals surface area contributed by atoms with Gasteiger partial charge in [0, 0.05) is 25.6 Å². The number of hydrogen-bond acceptors (Lipinski definition) is 8. The number of nitrogens with zero attached hydrogens (tertiary/aromatic N) is 3. The predicted octanol–water partition coefficient (Wildman–Crippen LogP) is 3.34. The molecule has 0 saturated carbocycles. The van der Waals surface area contributed by atoms with Crippen molar-refractivity contribution in [3.05, 3.63) is 70.9 Å². The van der Waals surface area contributed by atoms with E-state index in [4.69, 9.17) is 14.0 Å². The Morgan fingerprint density at radius 3 is 1.86 bits per heavy atom. The molecule has 0 bridgehead atoms. The Labute approximate surface area is 207 Å². The molecule has 1 fully saturated rings. The van der Waals surface area contributed by atoms with E-state index in [1.54, 1.807) is 57.5 Å². The number of carbonyl (C=O) groups excluding carboxylic acids is 3. The van der Waals surface area contributed by atoms with Crippen molar-refractivity contribution in [2.45, 2.75) is 18.9 Å². The van der Waals surface area contributed by atoms with E-state index < -0.39 is 35.2 Å². The van der Waals surface area contributed by atoms with Crippen LogP contribution in [0.5, 0.6) is 11.5 Å². The van der Waals surface area contributed by atoms with Gasteiger partial charge in [0.2, 0.25) is 17.7 Å². The molecule has 1 N–H and O–H groups in total. The number of aromatic nitrogens is 1. The fraction of sp³-hybridized carbons (Fsp3) is 0.308. The first-order valence-corrected chi connectivity index (χ1v) is 11.4. The van der Waals surface area contributed by atoms with Crippen LogP contribution in [0.4, 0.5) is 10.7 Å². The van der Waals surface area contributed by atoms with Gasteiger partial charge in [-0.25, -0.2) is 4.79 Å². The number of anilines is 1. The number of amides is 4. The van der Waals surface area contributed by atoms with Crippen molar-refractivity contribution in [2.75, 3.05) is 33.6 Å². The molecule has 2 atom stereocenters. The minimum Gasteiger partial charge on any atom is -0.497 e. The first-order chi connectivity index (χ1) is 17.2. The highest BCUT2D eigenvalue weighted by molar-refractivity contribution is 6.20. The van der Waals surface area contributed by atoms with Crippen LogP contribution in [0, 0.1) is 12.3 Å². The molecule has 186 valence electrons. The molecule has 3 aromatic rings. The predicted molar refractivity (Wildman–Crippen MR) is 129 cm³/mol. The van der Waals surface area contributed by atoms with Gasteiger partial charge < -0.3 is 19.3 Å². The second-order valence-corrected chi connectivity index (χ2v) is 8.95. The standard InChI is InChI=1S/C26H26N4O6/c1-14-19-20(15-6-10-17(34-4)11-7-15)26(23(31)29(2)25(33)30(3)24(26)32)21(27-22(19)36-28-14)16-8-12-18(35-5)13-9-16/h6-13,20-21,27H,1-5H3. The van der Waals surface area contributed by atoms with E-state index in [1.807, 2.05) is 12.1 Å². The number of carbonyl (C=O) groups is 3. The third-order valence-corrected chi connectivity index (χ3v) is 7.17. The summed E-state index contributed by atoms with van der Waals surface area (Å²) in [4.78, 5) is 43.3. The summed E-state index contributed by atoms with van der Waals surface area (Å²) >= 11 is 0. The van der Waals surface area contributed by atoms with Gasteiger partial charge in [0.05, 0.1) is 26.0 Å². The Kier molecular flexibility index (Phi) is 5.46. The van der Waals surface area contributed by atoms with Crippen LogP contribution in [0.2, 0.25) is 0 Å². The number of ether oxygens (including phenoxy) is 2. The lowest BCUT2D eigenvalue weighted by atomic mass is 9.59. The Morgan fingerprint density at radius 1 is 0.861 bits per heavy atom. The summed E-state index contributed by atoms with van der Waals surface area (Å²) in [6.45, 7) is 1.76. The van der Waals surface area contributed by atoms with Crippen molar-refractivity contribution in [3.8, 4) is 11.5 Å². The van der Waals surface area contributed by atoms with Crippen LogP contribution in [0.15, 0.2) is 53.1 Å². The SMILES string of the molecule is COc1ccc(C2Nc3onc(C)c3C(c3ccc(OC)cc3)C23C(=O)N(C)C(=O)N(C)C3=O)cc1. The molecule has 10 heteroatoms. The van der Waals surface area contributed by atoms with Gasteiger partial charge in [-0.15, -0.1) is 0 Å². The maximum Gasteiger partial charge on any atom is 0.332 e. The number of aryl methyl sites for hydroxylation is 1. The molecule has 2 aliphatic heterocycles. The average Bonchev–Trinajstić information content (AvgIpc) is 3.29. The van der Waals surface area contributed by atoms with Crippen LogP contribution in [0.3, 0.4) is 0 Å². The van der Waals surface area contributed by atoms with Crippen LogP contribution in [0.25, 0.3) is 0 Å². The van der Waals surface area contributed by atoms with E-state index in [9.17, 15) is 14.4 Å². The Balaban J connectivity index is 1.84. The van der Waals surface area contributed by atoms with Gasteiger partial charge in [-0.05, 0) is 42.3 Å². The number of nitrogens with one attached hydrogen (secondary N) is 1. The van der Waals surface area contributed by atoms with Crippen molar-refractivity contribution in [1.82, 2.24) is 15.0 Å². The molecule has 2 aromatic carbocycles. The second kappa shape index (κ2) is 8.40. The molecule has 10 nitrogen and oxygen atoms in total. The molecule has 2 unspecified atom stereocenters. The molecule has 1 saturated heterocycles. The highest BCUT2D eigenvalue weighted by Gasteiger charge is 2.67. The number of benzene rings is 2. The van der Waals surface area contributed by atoms with Gasteiger partial charge in [0.25, 0.3) is 0 Å². The van der Waals surface area contributed by atoms with E-state index in [2.05, 4.69) is 10.5 Å². The van der Waals surface area contributed by atoms with Crippen molar-refractivity contribution in [3.63, 3.8) is 0 Å². The van der Waals surface area contributed by atoms with Crippen LogP contribution in [-0.2, 0) is 9.59 Å².